The van der Waals surface area contributed by atoms with Crippen molar-refractivity contribution in [3.63, 3.8) is 0 Å². The molecule has 6 nitrogen and oxygen atoms in total. The third-order valence-electron chi connectivity index (χ3n) is 8.47. The first-order valence-electron chi connectivity index (χ1n) is 13.7. The van der Waals surface area contributed by atoms with Gasteiger partial charge < -0.3 is 18.9 Å². The van der Waals surface area contributed by atoms with Gasteiger partial charge in [0.25, 0.3) is 0 Å². The Labute approximate surface area is 230 Å². The van der Waals surface area contributed by atoms with Crippen molar-refractivity contribution in [1.82, 2.24) is 9.62 Å². The molecular formula is C30H31F2N3O3S. The summed E-state index contributed by atoms with van der Waals surface area (Å²) in [6.45, 7) is 3.86. The summed E-state index contributed by atoms with van der Waals surface area (Å²) in [5.74, 6) is 0.320. The number of ether oxygens (including phenoxy) is 2. The van der Waals surface area contributed by atoms with Gasteiger partial charge in [-0.05, 0) is 79.7 Å². The second kappa shape index (κ2) is 9.96. The van der Waals surface area contributed by atoms with Crippen LogP contribution in [0.4, 0.5) is 14.5 Å². The zero-order valence-corrected chi connectivity index (χ0v) is 22.3. The Hall–Kier alpha value is -2.85. The number of alkyl halides is 2. The Balaban J connectivity index is 1.03. The molecule has 0 saturated carbocycles. The Morgan fingerprint density at radius 3 is 2.54 bits per heavy atom. The zero-order valence-electron chi connectivity index (χ0n) is 21.5. The summed E-state index contributed by atoms with van der Waals surface area (Å²) in [5, 5.41) is 0. The van der Waals surface area contributed by atoms with Gasteiger partial charge in [-0.3, -0.25) is 4.90 Å². The fourth-order valence-electron chi connectivity index (χ4n) is 6.32. The number of fused-ring (bicyclic) bond motifs is 2. The van der Waals surface area contributed by atoms with Crippen LogP contribution < -0.4 is 19.1 Å². The van der Waals surface area contributed by atoms with Crippen LogP contribution >= 0.6 is 0 Å². The molecule has 1 aliphatic carbocycles. The average Bonchev–Trinajstić information content (AvgIpc) is 3.19. The van der Waals surface area contributed by atoms with Crippen molar-refractivity contribution in [2.45, 2.75) is 54.9 Å². The predicted molar refractivity (Wildman–Crippen MR) is 146 cm³/mol. The molecule has 0 aromatic heterocycles. The monoisotopic (exact) mass is 551 g/mol. The van der Waals surface area contributed by atoms with Gasteiger partial charge in [-0.25, -0.2) is 0 Å². The largest absolute Gasteiger partial charge is 0.593 e. The lowest BCUT2D eigenvalue weighted by Crippen LogP contribution is -2.59. The van der Waals surface area contributed by atoms with Crippen LogP contribution in [0.5, 0.6) is 11.5 Å². The third kappa shape index (κ3) is 4.97. The van der Waals surface area contributed by atoms with Gasteiger partial charge in [0, 0.05) is 36.8 Å². The van der Waals surface area contributed by atoms with Gasteiger partial charge in [0.15, 0.2) is 16.4 Å². The van der Waals surface area contributed by atoms with E-state index in [1.165, 1.54) is 66.5 Å². The molecule has 3 aromatic carbocycles. The van der Waals surface area contributed by atoms with Gasteiger partial charge in [0.1, 0.15) is 0 Å². The van der Waals surface area contributed by atoms with Crippen LogP contribution in [0.25, 0.3) is 0 Å². The highest BCUT2D eigenvalue weighted by atomic mass is 32.2. The fraction of sp³-hybridized carbons (Fsp3) is 0.400. The smallest absolute Gasteiger partial charge is 0.586 e. The number of rotatable bonds is 7. The second-order valence-electron chi connectivity index (χ2n) is 10.9. The Kier molecular flexibility index (Phi) is 6.42. The van der Waals surface area contributed by atoms with Gasteiger partial charge in [-0.15, -0.1) is 13.5 Å². The quantitative estimate of drug-likeness (QED) is 0.424. The molecule has 3 heterocycles. The third-order valence-corrected chi connectivity index (χ3v) is 9.70. The molecule has 0 amide bonds. The molecule has 0 bridgehead atoms. The molecule has 2 saturated heterocycles. The second-order valence-corrected chi connectivity index (χ2v) is 12.2. The maximum atomic E-state index is 13.3. The van der Waals surface area contributed by atoms with E-state index >= 15 is 0 Å². The van der Waals surface area contributed by atoms with E-state index in [1.54, 1.807) is 0 Å². The summed E-state index contributed by atoms with van der Waals surface area (Å²) in [4.78, 5) is 5.35. The Morgan fingerprint density at radius 1 is 0.974 bits per heavy atom. The molecule has 7 rings (SSSR count). The van der Waals surface area contributed by atoms with Gasteiger partial charge in [-0.2, -0.15) is 0 Å². The molecule has 4 aliphatic rings. The van der Waals surface area contributed by atoms with Crippen molar-refractivity contribution in [3.8, 4) is 11.5 Å². The minimum Gasteiger partial charge on any atom is -0.593 e. The first-order valence-corrected chi connectivity index (χ1v) is 14.8. The van der Waals surface area contributed by atoms with Crippen molar-refractivity contribution >= 4 is 17.0 Å². The number of nitrogens with zero attached hydrogens (tertiary/aromatic N) is 2. The van der Waals surface area contributed by atoms with E-state index in [4.69, 9.17) is 0 Å². The summed E-state index contributed by atoms with van der Waals surface area (Å²) in [6.07, 6.45) is 0.983. The highest BCUT2D eigenvalue weighted by Crippen LogP contribution is 2.43. The van der Waals surface area contributed by atoms with E-state index in [2.05, 4.69) is 72.5 Å². The first kappa shape index (κ1) is 25.1. The van der Waals surface area contributed by atoms with E-state index in [-0.39, 0.29) is 17.5 Å². The van der Waals surface area contributed by atoms with E-state index in [0.717, 1.165) is 25.9 Å². The average molecular weight is 552 g/mol. The molecular weight excluding hydrogens is 520 g/mol. The molecule has 0 radical (unpaired) electrons. The number of aryl methyl sites for hydroxylation is 1. The van der Waals surface area contributed by atoms with Crippen molar-refractivity contribution in [2.75, 3.05) is 31.1 Å². The summed E-state index contributed by atoms with van der Waals surface area (Å²) >= 11 is -1.55. The minimum absolute atomic E-state index is 0.0303. The van der Waals surface area contributed by atoms with Crippen LogP contribution in [0.1, 0.15) is 35.4 Å². The summed E-state index contributed by atoms with van der Waals surface area (Å²) < 4.78 is 51.6. The van der Waals surface area contributed by atoms with Crippen LogP contribution in [-0.2, 0) is 24.2 Å². The van der Waals surface area contributed by atoms with Gasteiger partial charge in [-0.1, -0.05) is 36.4 Å². The molecule has 3 aromatic rings. The van der Waals surface area contributed by atoms with Gasteiger partial charge in [0.2, 0.25) is 0 Å². The van der Waals surface area contributed by atoms with Crippen LogP contribution in [0.3, 0.4) is 0 Å². The molecule has 204 valence electrons. The molecule has 0 spiro atoms. The number of anilines is 1. The summed E-state index contributed by atoms with van der Waals surface area (Å²) in [6, 6.07) is 22.6. The normalized spacial score (nSPS) is 24.5. The van der Waals surface area contributed by atoms with Crippen molar-refractivity contribution in [3.05, 3.63) is 83.4 Å². The zero-order chi connectivity index (χ0) is 26.6. The van der Waals surface area contributed by atoms with Crippen LogP contribution in [0.2, 0.25) is 0 Å². The maximum Gasteiger partial charge on any atom is 0.586 e. The lowest BCUT2D eigenvalue weighted by molar-refractivity contribution is -0.286. The van der Waals surface area contributed by atoms with Crippen molar-refractivity contribution in [2.24, 2.45) is 0 Å². The van der Waals surface area contributed by atoms with Gasteiger partial charge >= 0.3 is 6.29 Å². The van der Waals surface area contributed by atoms with E-state index < -0.39 is 17.7 Å². The van der Waals surface area contributed by atoms with Gasteiger partial charge in [0.05, 0.1) is 17.4 Å². The molecule has 9 heteroatoms. The number of hydrogen-bond acceptors (Lipinski definition) is 6. The highest BCUT2D eigenvalue weighted by Gasteiger charge is 2.44. The number of nitrogens with one attached hydrogen (secondary N) is 1. The van der Waals surface area contributed by atoms with Crippen LogP contribution in [0.15, 0.2) is 71.6 Å². The van der Waals surface area contributed by atoms with Crippen LogP contribution in [-0.4, -0.2) is 54.0 Å². The highest BCUT2D eigenvalue weighted by molar-refractivity contribution is 7.89. The summed E-state index contributed by atoms with van der Waals surface area (Å²) in [7, 11) is 0. The lowest BCUT2D eigenvalue weighted by Gasteiger charge is -2.46. The lowest BCUT2D eigenvalue weighted by atomic mass is 9.74. The topological polar surface area (TPSA) is 60.0 Å². The van der Waals surface area contributed by atoms with Crippen LogP contribution in [0, 0.1) is 0 Å². The number of hydrogen-bond donors (Lipinski definition) is 1. The number of likely N-dealkylation sites (tertiary alicyclic amines) is 1. The first-order chi connectivity index (χ1) is 18.9. The van der Waals surface area contributed by atoms with E-state index in [1.807, 2.05) is 0 Å². The van der Waals surface area contributed by atoms with E-state index in [9.17, 15) is 13.3 Å². The number of benzene rings is 3. The Morgan fingerprint density at radius 2 is 1.77 bits per heavy atom. The maximum absolute atomic E-state index is 13.3. The molecule has 3 aliphatic heterocycles. The molecule has 1 N–H and O–H groups in total. The standard InChI is InChI=1S/C30H31F2N3O3S/c31-30(32)37-28-12-10-24(17-29(28)38-30)39(36)33-22-18-35(19-22)23-9-7-21-8-11-27(34-13-4-14-34)26(25(21)16-23)15-20-5-2-1-3-6-20/h1-3,5-7,9-10,12,16-17,22,26-27,33H,4,8,11,13-15,18-19H2. The summed E-state index contributed by atoms with van der Waals surface area (Å²) in [5.41, 5.74) is 5.51. The fourth-order valence-corrected chi connectivity index (χ4v) is 7.31. The molecule has 39 heavy (non-hydrogen) atoms. The molecule has 3 unspecified atom stereocenters. The number of halogens is 2. The predicted octanol–water partition coefficient (Wildman–Crippen LogP) is 4.86. The van der Waals surface area contributed by atoms with E-state index in [0.29, 0.717) is 16.9 Å². The molecule has 3 atom stereocenters. The molecule has 2 fully saturated rings. The van der Waals surface area contributed by atoms with Crippen molar-refractivity contribution in [1.29, 1.82) is 0 Å². The Bertz CT molecular complexity index is 1350. The SMILES string of the molecule is [O-][S+](NC1CN(c2ccc3c(c2)C(Cc2ccccc2)C(N2CCC2)CC3)C1)c1ccc2c(c1)OC(F)(F)O2. The minimum atomic E-state index is -3.69. The van der Waals surface area contributed by atoms with Crippen molar-refractivity contribution < 1.29 is 22.8 Å².